The summed E-state index contributed by atoms with van der Waals surface area (Å²) < 4.78 is 7.16. The monoisotopic (exact) mass is 400 g/mol. The molecule has 0 fully saturated rings. The molecular weight excluding hydrogens is 376 g/mol. The lowest BCUT2D eigenvalue weighted by molar-refractivity contribution is -0.118. The van der Waals surface area contributed by atoms with E-state index >= 15 is 0 Å². The number of allylic oxidation sites excluding steroid dienone is 2. The topological polar surface area (TPSA) is 69.0 Å². The fourth-order valence-electron chi connectivity index (χ4n) is 4.41. The molecule has 2 aliphatic rings. The Bertz CT molecular complexity index is 1140. The molecule has 1 aromatic heterocycles. The number of rotatable bonds is 3. The third-order valence-electron chi connectivity index (χ3n) is 5.80. The lowest BCUT2D eigenvalue weighted by atomic mass is 9.73. The molecule has 1 atom stereocenters. The Morgan fingerprint density at radius 1 is 1.07 bits per heavy atom. The fourth-order valence-corrected chi connectivity index (χ4v) is 4.41. The Hall–Kier alpha value is -3.41. The van der Waals surface area contributed by atoms with Crippen LogP contribution in [0.5, 0.6) is 5.75 Å². The molecule has 5 rings (SSSR count). The van der Waals surface area contributed by atoms with Crippen molar-refractivity contribution in [3.63, 3.8) is 0 Å². The zero-order valence-corrected chi connectivity index (χ0v) is 17.3. The van der Waals surface area contributed by atoms with E-state index in [9.17, 15) is 4.79 Å². The zero-order chi connectivity index (χ0) is 20.9. The number of nitrogens with zero attached hydrogens (tertiary/aromatic N) is 3. The number of ether oxygens (including phenoxy) is 1. The first-order valence-electron chi connectivity index (χ1n) is 10.1. The molecule has 30 heavy (non-hydrogen) atoms. The van der Waals surface area contributed by atoms with Gasteiger partial charge in [0.25, 0.3) is 0 Å². The lowest BCUT2D eigenvalue weighted by Gasteiger charge is -2.38. The van der Waals surface area contributed by atoms with Gasteiger partial charge < -0.3 is 10.1 Å². The molecule has 2 heterocycles. The molecule has 0 saturated heterocycles. The van der Waals surface area contributed by atoms with Crippen molar-refractivity contribution in [2.45, 2.75) is 32.7 Å². The van der Waals surface area contributed by atoms with Crippen molar-refractivity contribution in [2.75, 3.05) is 12.4 Å². The van der Waals surface area contributed by atoms with Gasteiger partial charge in [-0.3, -0.25) is 4.79 Å². The predicted molar refractivity (Wildman–Crippen MR) is 115 cm³/mol. The van der Waals surface area contributed by atoms with Gasteiger partial charge in [-0.1, -0.05) is 56.3 Å². The number of nitrogens with one attached hydrogen (secondary N) is 1. The van der Waals surface area contributed by atoms with E-state index in [0.29, 0.717) is 18.2 Å². The highest BCUT2D eigenvalue weighted by Crippen LogP contribution is 2.45. The fraction of sp³-hybridized carbons (Fsp3) is 0.292. The van der Waals surface area contributed by atoms with Gasteiger partial charge in [0, 0.05) is 23.3 Å². The van der Waals surface area contributed by atoms with Crippen LogP contribution in [0.3, 0.4) is 0 Å². The van der Waals surface area contributed by atoms with Crippen molar-refractivity contribution in [1.82, 2.24) is 14.8 Å². The summed E-state index contributed by atoms with van der Waals surface area (Å²) in [5.74, 6) is 2.25. The quantitative estimate of drug-likeness (QED) is 0.695. The Labute approximate surface area is 175 Å². The molecule has 0 bridgehead atoms. The highest BCUT2D eigenvalue weighted by Gasteiger charge is 2.41. The van der Waals surface area contributed by atoms with Crippen LogP contribution in [0.2, 0.25) is 0 Å². The second-order valence-corrected chi connectivity index (χ2v) is 8.70. The predicted octanol–water partition coefficient (Wildman–Crippen LogP) is 4.61. The Balaban J connectivity index is 1.67. The number of ketones is 1. The van der Waals surface area contributed by atoms with Crippen LogP contribution in [0.1, 0.15) is 38.3 Å². The average Bonchev–Trinajstić information content (AvgIpc) is 3.16. The second-order valence-electron chi connectivity index (χ2n) is 8.70. The summed E-state index contributed by atoms with van der Waals surface area (Å²) in [4.78, 5) is 18.0. The number of hydrogen-bond acceptors (Lipinski definition) is 5. The number of fused-ring (bicyclic) bond motifs is 1. The van der Waals surface area contributed by atoms with Gasteiger partial charge in [-0.2, -0.15) is 4.98 Å². The van der Waals surface area contributed by atoms with Crippen molar-refractivity contribution in [2.24, 2.45) is 5.41 Å². The number of methoxy groups -OCH3 is 1. The third kappa shape index (κ3) is 3.09. The minimum atomic E-state index is -0.310. The maximum absolute atomic E-state index is 13.3. The maximum Gasteiger partial charge on any atom is 0.226 e. The van der Waals surface area contributed by atoms with Crippen molar-refractivity contribution < 1.29 is 9.53 Å². The van der Waals surface area contributed by atoms with Gasteiger partial charge >= 0.3 is 0 Å². The van der Waals surface area contributed by atoms with Crippen molar-refractivity contribution in [3.8, 4) is 17.1 Å². The van der Waals surface area contributed by atoms with E-state index in [1.165, 1.54) is 0 Å². The van der Waals surface area contributed by atoms with Crippen LogP contribution >= 0.6 is 0 Å². The Morgan fingerprint density at radius 2 is 1.80 bits per heavy atom. The summed E-state index contributed by atoms with van der Waals surface area (Å²) in [5, 5.41) is 8.23. The molecule has 3 aromatic rings. The molecule has 0 radical (unpaired) electrons. The van der Waals surface area contributed by atoms with E-state index in [-0.39, 0.29) is 17.2 Å². The van der Waals surface area contributed by atoms with Crippen LogP contribution in [0.4, 0.5) is 5.95 Å². The summed E-state index contributed by atoms with van der Waals surface area (Å²) in [7, 11) is 1.65. The molecule has 6 heteroatoms. The normalized spacial score (nSPS) is 19.7. The first-order valence-corrected chi connectivity index (χ1v) is 10.1. The molecule has 1 N–H and O–H groups in total. The number of Topliss-reactive ketones (excluding diaryl/α,β-unsaturated/α-hetero) is 1. The van der Waals surface area contributed by atoms with E-state index in [0.717, 1.165) is 34.6 Å². The third-order valence-corrected chi connectivity index (χ3v) is 5.80. The summed E-state index contributed by atoms with van der Waals surface area (Å²) in [6.45, 7) is 4.26. The van der Waals surface area contributed by atoms with E-state index in [4.69, 9.17) is 14.8 Å². The largest absolute Gasteiger partial charge is 0.497 e. The highest BCUT2D eigenvalue weighted by molar-refractivity contribution is 6.00. The minimum absolute atomic E-state index is 0.0855. The summed E-state index contributed by atoms with van der Waals surface area (Å²) in [6.07, 6.45) is 1.32. The number of anilines is 1. The molecule has 0 saturated carbocycles. The molecule has 1 aliphatic carbocycles. The van der Waals surface area contributed by atoms with Crippen molar-refractivity contribution >= 4 is 11.7 Å². The number of aromatic nitrogens is 3. The molecular formula is C24H24N4O2. The standard InChI is InChI=1S/C24H24N4O2/c1-24(2)13-18-20(19(29)14-24)21(15-9-11-17(30-3)12-10-15)28-23(25-18)26-22(27-28)16-7-5-4-6-8-16/h4-12,21H,13-14H2,1-3H3,(H,25,26,27)/t21-/m0/s1. The molecule has 6 nitrogen and oxygen atoms in total. The Morgan fingerprint density at radius 3 is 2.50 bits per heavy atom. The van der Waals surface area contributed by atoms with Crippen LogP contribution in [0.15, 0.2) is 65.9 Å². The minimum Gasteiger partial charge on any atom is -0.497 e. The number of hydrogen-bond donors (Lipinski definition) is 1. The number of carbonyl (C=O) groups is 1. The molecule has 0 spiro atoms. The van der Waals surface area contributed by atoms with Gasteiger partial charge in [0.05, 0.1) is 7.11 Å². The molecule has 2 aromatic carbocycles. The van der Waals surface area contributed by atoms with E-state index in [1.807, 2.05) is 59.3 Å². The second kappa shape index (κ2) is 6.83. The summed E-state index contributed by atoms with van der Waals surface area (Å²) in [6, 6.07) is 17.4. The summed E-state index contributed by atoms with van der Waals surface area (Å²) in [5.41, 5.74) is 3.59. The zero-order valence-electron chi connectivity index (χ0n) is 17.3. The van der Waals surface area contributed by atoms with E-state index in [1.54, 1.807) is 7.11 Å². The van der Waals surface area contributed by atoms with E-state index in [2.05, 4.69) is 19.2 Å². The Kier molecular flexibility index (Phi) is 4.24. The van der Waals surface area contributed by atoms with Gasteiger partial charge in [-0.15, -0.1) is 5.10 Å². The first-order chi connectivity index (χ1) is 14.4. The van der Waals surface area contributed by atoms with Crippen molar-refractivity contribution in [3.05, 3.63) is 71.4 Å². The molecule has 0 unspecified atom stereocenters. The number of carbonyl (C=O) groups excluding carboxylic acids is 1. The molecule has 152 valence electrons. The first kappa shape index (κ1) is 18.6. The molecule has 1 aliphatic heterocycles. The lowest BCUT2D eigenvalue weighted by Crippen LogP contribution is -2.36. The van der Waals surface area contributed by atoms with Crippen molar-refractivity contribution in [1.29, 1.82) is 0 Å². The van der Waals surface area contributed by atoms with Crippen LogP contribution < -0.4 is 10.1 Å². The van der Waals surface area contributed by atoms with Gasteiger partial charge in [0.2, 0.25) is 5.95 Å². The SMILES string of the molecule is COc1ccc([C@H]2C3=C(CC(C)(C)CC3=O)Nc3nc(-c4ccccc4)nn32)cc1. The average molecular weight is 400 g/mol. The molecule has 0 amide bonds. The summed E-state index contributed by atoms with van der Waals surface area (Å²) >= 11 is 0. The van der Waals surface area contributed by atoms with Gasteiger partial charge in [0.15, 0.2) is 11.6 Å². The van der Waals surface area contributed by atoms with Gasteiger partial charge in [0.1, 0.15) is 11.8 Å². The van der Waals surface area contributed by atoms with Crippen LogP contribution in [0, 0.1) is 5.41 Å². The van der Waals surface area contributed by atoms with Crippen LogP contribution in [0.25, 0.3) is 11.4 Å². The maximum atomic E-state index is 13.3. The highest BCUT2D eigenvalue weighted by atomic mass is 16.5. The van der Waals surface area contributed by atoms with Crippen LogP contribution in [-0.2, 0) is 4.79 Å². The van der Waals surface area contributed by atoms with Gasteiger partial charge in [-0.05, 0) is 29.5 Å². The smallest absolute Gasteiger partial charge is 0.226 e. The number of benzene rings is 2. The van der Waals surface area contributed by atoms with Crippen LogP contribution in [-0.4, -0.2) is 27.7 Å². The van der Waals surface area contributed by atoms with E-state index < -0.39 is 0 Å². The van der Waals surface area contributed by atoms with Gasteiger partial charge in [-0.25, -0.2) is 4.68 Å².